The lowest BCUT2D eigenvalue weighted by Gasteiger charge is -2.56. The second-order valence-electron chi connectivity index (χ2n) is 10.7. The first kappa shape index (κ1) is 23.4. The highest BCUT2D eigenvalue weighted by molar-refractivity contribution is 6.75. The summed E-state index contributed by atoms with van der Waals surface area (Å²) in [6.07, 6.45) is 3.59. The normalized spacial score (nSPS) is 19.6. The van der Waals surface area contributed by atoms with E-state index < -0.39 is 17.1 Å². The molecule has 0 aromatic carbocycles. The Hall–Kier alpha value is 0.394. The van der Waals surface area contributed by atoms with Gasteiger partial charge in [0.25, 0.3) is 0 Å². The molecule has 0 bridgehead atoms. The largest absolute Gasteiger partial charge is 0.415 e. The average molecular weight is 359 g/mol. The van der Waals surface area contributed by atoms with Gasteiger partial charge in [0.1, 0.15) is 0 Å². The zero-order valence-corrected chi connectivity index (χ0v) is 20.8. The Bertz CT molecular complexity index is 382. The Labute approximate surface area is 150 Å². The van der Waals surface area contributed by atoms with Crippen molar-refractivity contribution in [3.8, 4) is 0 Å². The molecule has 0 aliphatic heterocycles. The number of rotatable bonds is 8. The smallest absolute Gasteiger partial charge is 0.193 e. The van der Waals surface area contributed by atoms with Gasteiger partial charge in [0.15, 0.2) is 8.32 Å². The van der Waals surface area contributed by atoms with Crippen LogP contribution in [-0.4, -0.2) is 22.3 Å². The van der Waals surface area contributed by atoms with E-state index in [-0.39, 0.29) is 15.7 Å². The molecule has 0 spiro atoms. The molecule has 0 amide bonds. The van der Waals surface area contributed by atoms with Crippen LogP contribution in [0.5, 0.6) is 0 Å². The van der Waals surface area contributed by atoms with E-state index in [2.05, 4.69) is 88.5 Å². The lowest BCUT2D eigenvalue weighted by molar-refractivity contribution is 0.0911. The minimum absolute atomic E-state index is 0.129. The van der Waals surface area contributed by atoms with E-state index in [1.807, 2.05) is 0 Å². The summed E-state index contributed by atoms with van der Waals surface area (Å²) in [4.78, 5) is 0. The Morgan fingerprint density at radius 2 is 1.26 bits per heavy atom. The van der Waals surface area contributed by atoms with Crippen molar-refractivity contribution in [3.63, 3.8) is 0 Å². The molecule has 3 heteroatoms. The molecule has 0 saturated carbocycles. The van der Waals surface area contributed by atoms with Crippen LogP contribution in [0.3, 0.4) is 0 Å². The zero-order valence-electron chi connectivity index (χ0n) is 18.6. The van der Waals surface area contributed by atoms with E-state index in [1.165, 1.54) is 12.8 Å². The fourth-order valence-electron chi connectivity index (χ4n) is 4.53. The van der Waals surface area contributed by atoms with Crippen molar-refractivity contribution >= 4 is 17.1 Å². The van der Waals surface area contributed by atoms with Crippen molar-refractivity contribution in [2.75, 3.05) is 0 Å². The van der Waals surface area contributed by atoms with Crippen molar-refractivity contribution in [1.29, 1.82) is 0 Å². The van der Waals surface area contributed by atoms with Crippen LogP contribution >= 0.6 is 0 Å². The van der Waals surface area contributed by atoms with Crippen molar-refractivity contribution in [3.05, 3.63) is 0 Å². The lowest BCUT2D eigenvalue weighted by atomic mass is 9.68. The van der Waals surface area contributed by atoms with E-state index in [4.69, 9.17) is 4.43 Å². The molecule has 0 rings (SSSR count). The van der Waals surface area contributed by atoms with Crippen LogP contribution in [0.1, 0.15) is 81.6 Å². The molecular formula is C20H46OSi2. The highest BCUT2D eigenvalue weighted by Gasteiger charge is 2.55. The third-order valence-corrected chi connectivity index (χ3v) is 14.8. The Morgan fingerprint density at radius 3 is 1.52 bits per heavy atom. The van der Waals surface area contributed by atoms with Gasteiger partial charge in [-0.1, -0.05) is 74.9 Å². The Balaban J connectivity index is 5.79. The van der Waals surface area contributed by atoms with Crippen molar-refractivity contribution in [2.24, 2.45) is 10.8 Å². The standard InChI is InChI=1S/C20H46OSi2/c1-14-19(8,18(6,7)16-17(3,4)5)23(12,13)21-20(9,15-2)22(10)11/h22H,14-16H2,1-13H3. The molecular weight excluding hydrogens is 312 g/mol. The predicted octanol–water partition coefficient (Wildman–Crippen LogP) is 7.04. The van der Waals surface area contributed by atoms with Gasteiger partial charge in [-0.25, -0.2) is 0 Å². The molecule has 140 valence electrons. The van der Waals surface area contributed by atoms with E-state index in [0.29, 0.717) is 5.41 Å². The van der Waals surface area contributed by atoms with Crippen LogP contribution in [0.4, 0.5) is 0 Å². The second-order valence-corrected chi connectivity index (χ2v) is 18.6. The fraction of sp³-hybridized carbons (Fsp3) is 1.00. The van der Waals surface area contributed by atoms with Gasteiger partial charge < -0.3 is 4.43 Å². The predicted molar refractivity (Wildman–Crippen MR) is 113 cm³/mol. The fourth-order valence-corrected chi connectivity index (χ4v) is 11.3. The molecule has 0 saturated heterocycles. The molecule has 2 atom stereocenters. The molecule has 0 aromatic heterocycles. The molecule has 0 radical (unpaired) electrons. The third-order valence-electron chi connectivity index (χ3n) is 6.91. The van der Waals surface area contributed by atoms with Crippen molar-refractivity contribution in [1.82, 2.24) is 0 Å². The molecule has 0 fully saturated rings. The maximum Gasteiger partial charge on any atom is 0.193 e. The van der Waals surface area contributed by atoms with Crippen LogP contribution in [-0.2, 0) is 4.43 Å². The summed E-state index contributed by atoms with van der Waals surface area (Å²) < 4.78 is 7.09. The lowest BCUT2D eigenvalue weighted by Crippen LogP contribution is -2.58. The molecule has 0 heterocycles. The molecule has 0 aliphatic carbocycles. The summed E-state index contributed by atoms with van der Waals surface area (Å²) in [7, 11) is -2.74. The topological polar surface area (TPSA) is 9.23 Å². The van der Waals surface area contributed by atoms with Crippen LogP contribution in [0.15, 0.2) is 0 Å². The highest BCUT2D eigenvalue weighted by Crippen LogP contribution is 2.60. The average Bonchev–Trinajstić information content (AvgIpc) is 2.33. The first-order chi connectivity index (χ1) is 9.98. The molecule has 0 N–H and O–H groups in total. The Kier molecular flexibility index (Phi) is 7.46. The first-order valence-corrected chi connectivity index (χ1v) is 15.5. The molecule has 23 heavy (non-hydrogen) atoms. The SMILES string of the molecule is CCC(C)(O[Si](C)(C)C(C)(CC)C(C)(C)CC(C)(C)C)[SiH](C)C. The highest BCUT2D eigenvalue weighted by atomic mass is 28.4. The molecule has 2 unspecified atom stereocenters. The van der Waals surface area contributed by atoms with E-state index in [1.54, 1.807) is 0 Å². The minimum Gasteiger partial charge on any atom is -0.415 e. The van der Waals surface area contributed by atoms with E-state index in [0.717, 1.165) is 6.42 Å². The summed E-state index contributed by atoms with van der Waals surface area (Å²) in [6, 6.07) is 0. The van der Waals surface area contributed by atoms with Gasteiger partial charge in [-0.2, -0.15) is 0 Å². The number of hydrogen-bond acceptors (Lipinski definition) is 1. The van der Waals surface area contributed by atoms with Gasteiger partial charge in [-0.3, -0.25) is 0 Å². The van der Waals surface area contributed by atoms with Crippen LogP contribution < -0.4 is 0 Å². The quantitative estimate of drug-likeness (QED) is 0.423. The second kappa shape index (κ2) is 7.33. The third kappa shape index (κ3) is 5.18. The van der Waals surface area contributed by atoms with Gasteiger partial charge in [0, 0.05) is 5.22 Å². The summed E-state index contributed by atoms with van der Waals surface area (Å²) in [5.41, 5.74) is 0.633. The van der Waals surface area contributed by atoms with Gasteiger partial charge in [-0.15, -0.1) is 0 Å². The van der Waals surface area contributed by atoms with Gasteiger partial charge in [0.05, 0.1) is 8.80 Å². The molecule has 1 nitrogen and oxygen atoms in total. The van der Waals surface area contributed by atoms with Gasteiger partial charge >= 0.3 is 0 Å². The summed E-state index contributed by atoms with van der Waals surface area (Å²) in [5, 5.41) is 0.400. The molecule has 0 aliphatic rings. The van der Waals surface area contributed by atoms with Crippen molar-refractivity contribution in [2.45, 2.75) is 118 Å². The van der Waals surface area contributed by atoms with Crippen molar-refractivity contribution < 1.29 is 4.43 Å². The zero-order chi connectivity index (χ0) is 18.9. The first-order valence-electron chi connectivity index (χ1n) is 9.68. The summed E-state index contributed by atoms with van der Waals surface area (Å²) >= 11 is 0. The maximum absolute atomic E-state index is 7.09. The maximum atomic E-state index is 7.09. The monoisotopic (exact) mass is 358 g/mol. The Morgan fingerprint density at radius 1 is 0.826 bits per heavy atom. The number of hydrogen-bond donors (Lipinski definition) is 0. The van der Waals surface area contributed by atoms with Gasteiger partial charge in [-0.05, 0) is 48.7 Å². The summed E-state index contributed by atoms with van der Waals surface area (Å²) in [6.45, 7) is 31.5. The summed E-state index contributed by atoms with van der Waals surface area (Å²) in [5.74, 6) is 0. The van der Waals surface area contributed by atoms with E-state index in [9.17, 15) is 0 Å². The van der Waals surface area contributed by atoms with E-state index >= 15 is 0 Å². The van der Waals surface area contributed by atoms with Crippen LogP contribution in [0, 0.1) is 10.8 Å². The van der Waals surface area contributed by atoms with Crippen LogP contribution in [0.2, 0.25) is 31.2 Å². The van der Waals surface area contributed by atoms with Gasteiger partial charge in [0.2, 0.25) is 0 Å². The van der Waals surface area contributed by atoms with Crippen LogP contribution in [0.25, 0.3) is 0 Å². The minimum atomic E-state index is -1.88. The molecule has 0 aromatic rings.